The molecule has 0 saturated carbocycles. The Balaban J connectivity index is 2.39. The Hall–Kier alpha value is -2.44. The van der Waals surface area contributed by atoms with Gasteiger partial charge in [0.2, 0.25) is 11.8 Å². The summed E-state index contributed by atoms with van der Waals surface area (Å²) < 4.78 is 1.38. The zero-order valence-electron chi connectivity index (χ0n) is 15.0. The first-order valence-electron chi connectivity index (χ1n) is 8.25. The molecule has 0 bridgehead atoms. The predicted molar refractivity (Wildman–Crippen MR) is 108 cm³/mol. The van der Waals surface area contributed by atoms with E-state index in [1.54, 1.807) is 36.5 Å². The predicted octanol–water partition coefficient (Wildman–Crippen LogP) is -4.67. The van der Waals surface area contributed by atoms with Crippen LogP contribution in [0.3, 0.4) is 0 Å². The number of nitrogen functional groups attached to an aromatic ring is 1. The molecule has 7 nitrogen and oxygen atoms in total. The molecule has 0 spiro atoms. The summed E-state index contributed by atoms with van der Waals surface area (Å²) in [6.07, 6.45) is 0. The van der Waals surface area contributed by atoms with E-state index in [-0.39, 0.29) is 17.3 Å². The van der Waals surface area contributed by atoms with Gasteiger partial charge in [-0.25, -0.2) is 4.98 Å². The maximum Gasteiger partial charge on any atom is 0.263 e. The number of carbonyl (C=O) groups excluding carboxylic acids is 2. The van der Waals surface area contributed by atoms with Gasteiger partial charge in [0.05, 0.1) is 16.3 Å². The molecule has 1 aliphatic heterocycles. The summed E-state index contributed by atoms with van der Waals surface area (Å²) in [6.45, 7) is 1.68. The summed E-state index contributed by atoms with van der Waals surface area (Å²) in [5, 5.41) is 2.68. The molecule has 1 saturated heterocycles. The molecule has 0 radical (unpaired) electrons. The first-order chi connectivity index (χ1) is 11.6. The highest BCUT2D eigenvalue weighted by Gasteiger charge is 2.50. The van der Waals surface area contributed by atoms with Crippen LogP contribution in [0, 0.1) is 6.92 Å². The number of carbonyl (C=O) groups is 2. The molecule has 1 aromatic carbocycles. The van der Waals surface area contributed by atoms with Gasteiger partial charge in [-0.2, -0.15) is 0 Å². The second-order valence-corrected chi connectivity index (χ2v) is 7.03. The van der Waals surface area contributed by atoms with Gasteiger partial charge in [-0.1, -0.05) is 11.5 Å². The van der Waals surface area contributed by atoms with E-state index in [4.69, 9.17) is 5.73 Å². The molecule has 11 heteroatoms. The summed E-state index contributed by atoms with van der Waals surface area (Å²) in [5.41, 5.74) is 6.16. The topological polar surface area (TPSA) is 107 Å². The van der Waals surface area contributed by atoms with Crippen molar-refractivity contribution in [1.29, 1.82) is 0 Å². The van der Waals surface area contributed by atoms with Crippen molar-refractivity contribution in [2.24, 2.45) is 0 Å². The minimum atomic E-state index is -1.23. The Morgan fingerprint density at radius 1 is 1.28 bits per heavy atom. The van der Waals surface area contributed by atoms with Crippen molar-refractivity contribution in [3.8, 4) is 0 Å². The third-order valence-corrected chi connectivity index (χ3v) is 5.68. The lowest BCUT2D eigenvalue weighted by atomic mass is 9.49. The van der Waals surface area contributed by atoms with Gasteiger partial charge in [-0.05, 0) is 18.8 Å². The van der Waals surface area contributed by atoms with Crippen LogP contribution in [0.5, 0.6) is 0 Å². The minimum Gasteiger partial charge on any atom is -0.398 e. The number of amides is 2. The van der Waals surface area contributed by atoms with E-state index in [9.17, 15) is 14.4 Å². The largest absolute Gasteiger partial charge is 0.398 e. The van der Waals surface area contributed by atoms with Crippen LogP contribution < -0.4 is 22.1 Å². The Morgan fingerprint density at radius 3 is 2.56 bits per heavy atom. The van der Waals surface area contributed by atoms with Crippen molar-refractivity contribution in [2.45, 2.75) is 24.0 Å². The smallest absolute Gasteiger partial charge is 0.263 e. The van der Waals surface area contributed by atoms with Crippen molar-refractivity contribution in [3.63, 3.8) is 0 Å². The van der Waals surface area contributed by atoms with E-state index in [1.165, 1.54) is 4.57 Å². The zero-order chi connectivity index (χ0) is 18.7. The molecule has 3 atom stereocenters. The molecule has 25 heavy (non-hydrogen) atoms. The number of piperidine rings is 1. The van der Waals surface area contributed by atoms with Crippen molar-refractivity contribution in [1.82, 2.24) is 14.9 Å². The van der Waals surface area contributed by atoms with E-state index >= 15 is 0 Å². The number of benzene rings is 1. The number of rotatable bonds is 1. The van der Waals surface area contributed by atoms with Gasteiger partial charge in [0.15, 0.2) is 0 Å². The normalized spacial score (nSPS) is 26.6. The lowest BCUT2D eigenvalue weighted by molar-refractivity contribution is -0.137. The van der Waals surface area contributed by atoms with Crippen LogP contribution in [0.4, 0.5) is 5.69 Å². The summed E-state index contributed by atoms with van der Waals surface area (Å²) in [4.78, 5) is 42.5. The molecule has 1 aromatic heterocycles. The maximum absolute atomic E-state index is 13.3. The number of aromatic nitrogens is 2. The number of hydrogen-bond donors (Lipinski definition) is 2. The van der Waals surface area contributed by atoms with Gasteiger partial charge < -0.3 is 5.73 Å². The third kappa shape index (κ3) is 2.25. The van der Waals surface area contributed by atoms with E-state index in [1.807, 2.05) is 13.9 Å². The van der Waals surface area contributed by atoms with Crippen LogP contribution in [-0.4, -0.2) is 52.8 Å². The van der Waals surface area contributed by atoms with E-state index in [2.05, 4.69) is 10.3 Å². The Morgan fingerprint density at radius 2 is 1.92 bits per heavy atom. The Labute approximate surface area is 148 Å². The number of imide groups is 1. The fourth-order valence-corrected chi connectivity index (χ4v) is 3.64. The number of aryl methyl sites for hydroxylation is 1. The Kier molecular flexibility index (Phi) is 3.85. The monoisotopic (exact) mass is 334 g/mol. The van der Waals surface area contributed by atoms with Gasteiger partial charge in [0, 0.05) is 11.5 Å². The van der Waals surface area contributed by atoms with Crippen LogP contribution >= 0.6 is 0 Å². The third-order valence-electron chi connectivity index (χ3n) is 5.68. The lowest BCUT2D eigenvalue weighted by Crippen LogP contribution is -2.63. The highest BCUT2D eigenvalue weighted by molar-refractivity contribution is 6.42. The van der Waals surface area contributed by atoms with Crippen molar-refractivity contribution < 1.29 is 9.59 Å². The molecule has 2 aromatic rings. The first kappa shape index (κ1) is 17.4. The molecule has 3 N–H and O–H groups in total. The van der Waals surface area contributed by atoms with Gasteiger partial charge in [-0.3, -0.25) is 24.3 Å². The van der Waals surface area contributed by atoms with Crippen LogP contribution in [-0.2, 0) is 15.0 Å². The lowest BCUT2D eigenvalue weighted by Gasteiger charge is -2.43. The summed E-state index contributed by atoms with van der Waals surface area (Å²) >= 11 is 0. The van der Waals surface area contributed by atoms with E-state index in [0.717, 1.165) is 5.46 Å². The first-order valence-corrected chi connectivity index (χ1v) is 8.25. The second kappa shape index (κ2) is 5.54. The fourth-order valence-electron chi connectivity index (χ4n) is 3.64. The SMILES string of the molecule is Bc1ccc2nc(C)n(C3(B)C(=O)NC(=O)C(B)C3B)c(=O)c2c1N. The minimum absolute atomic E-state index is 0.302. The molecule has 0 aliphatic carbocycles. The second-order valence-electron chi connectivity index (χ2n) is 7.03. The molecule has 1 fully saturated rings. The van der Waals surface area contributed by atoms with Crippen LogP contribution in [0.25, 0.3) is 10.9 Å². The van der Waals surface area contributed by atoms with Crippen molar-refractivity contribution in [2.75, 3.05) is 5.73 Å². The van der Waals surface area contributed by atoms with Crippen molar-refractivity contribution in [3.05, 3.63) is 28.3 Å². The van der Waals surface area contributed by atoms with Crippen LogP contribution in [0.1, 0.15) is 5.82 Å². The number of nitrogens with two attached hydrogens (primary N) is 1. The number of fused-ring (bicyclic) bond motifs is 1. The summed E-state index contributed by atoms with van der Waals surface area (Å²) in [5.74, 6) is -1.22. The van der Waals surface area contributed by atoms with Crippen molar-refractivity contribution >= 4 is 65.3 Å². The molecule has 124 valence electrons. The summed E-state index contributed by atoms with van der Waals surface area (Å²) in [7, 11) is 7.04. The van der Waals surface area contributed by atoms with E-state index < -0.39 is 17.2 Å². The Bertz CT molecular complexity index is 992. The number of anilines is 1. The standard InChI is InChI=1S/C14H18B4N4O3/c1-4-20-6-3-2-5(15)9(19)7(6)12(24)22(4)14(18)10(17)8(16)11(23)21-13(14)25/h2-3,8,10H,15-19H2,1H3,(H,21,23,25). The highest BCUT2D eigenvalue weighted by atomic mass is 16.2. The van der Waals surface area contributed by atoms with E-state index in [0.29, 0.717) is 22.4 Å². The zero-order valence-corrected chi connectivity index (χ0v) is 15.0. The molecular formula is C14H18B4N4O3. The van der Waals surface area contributed by atoms with Crippen LogP contribution in [0.2, 0.25) is 11.6 Å². The average Bonchev–Trinajstić information content (AvgIpc) is 2.54. The number of nitrogens with zero attached hydrogens (tertiary/aromatic N) is 2. The molecule has 2 amide bonds. The molecule has 3 rings (SSSR count). The average molecular weight is 334 g/mol. The van der Waals surface area contributed by atoms with Crippen LogP contribution in [0.15, 0.2) is 16.9 Å². The van der Waals surface area contributed by atoms with Gasteiger partial charge in [0.1, 0.15) is 37.2 Å². The van der Waals surface area contributed by atoms with Gasteiger partial charge in [0.25, 0.3) is 5.56 Å². The molecular weight excluding hydrogens is 315 g/mol. The summed E-state index contributed by atoms with van der Waals surface area (Å²) in [6, 6.07) is 3.56. The number of hydrogen-bond acceptors (Lipinski definition) is 5. The molecule has 3 unspecified atom stereocenters. The molecule has 2 heterocycles. The quantitative estimate of drug-likeness (QED) is 0.310. The number of nitrogens with one attached hydrogen (secondary N) is 1. The maximum atomic E-state index is 13.3. The fraction of sp³-hybridized carbons (Fsp3) is 0.286. The van der Waals surface area contributed by atoms with Gasteiger partial charge >= 0.3 is 0 Å². The van der Waals surface area contributed by atoms with Gasteiger partial charge in [-0.15, -0.1) is 0 Å². The highest BCUT2D eigenvalue weighted by Crippen LogP contribution is 2.38. The molecule has 1 aliphatic rings.